The van der Waals surface area contributed by atoms with E-state index in [2.05, 4.69) is 41.8 Å². The van der Waals surface area contributed by atoms with Crippen LogP contribution in [0, 0.1) is 0 Å². The number of benzene rings is 1. The summed E-state index contributed by atoms with van der Waals surface area (Å²) >= 11 is 0. The summed E-state index contributed by atoms with van der Waals surface area (Å²) in [7, 11) is 0. The van der Waals surface area contributed by atoms with Crippen molar-refractivity contribution < 1.29 is 9.53 Å². The molecule has 0 bridgehead atoms. The second-order valence-electron chi connectivity index (χ2n) is 8.01. The second-order valence-corrected chi connectivity index (χ2v) is 8.01. The van der Waals surface area contributed by atoms with Crippen molar-refractivity contribution in [1.29, 1.82) is 0 Å². The number of nitrogens with two attached hydrogens (primary N) is 1. The molecule has 164 valence electrons. The minimum atomic E-state index is -0.201. The van der Waals surface area contributed by atoms with Gasteiger partial charge < -0.3 is 15.4 Å². The van der Waals surface area contributed by atoms with E-state index in [1.807, 2.05) is 17.9 Å². The number of hydrogen-bond donors (Lipinski definition) is 3. The molecule has 4 N–H and O–H groups in total. The third kappa shape index (κ3) is 8.83. The third-order valence-electron chi connectivity index (χ3n) is 5.64. The number of carbonyl (C=O) groups is 1. The molecular formula is C23H40N4O2. The lowest BCUT2D eigenvalue weighted by Crippen LogP contribution is -2.53. The highest BCUT2D eigenvalue weighted by Gasteiger charge is 2.31. The minimum Gasteiger partial charge on any atom is -0.367 e. The summed E-state index contributed by atoms with van der Waals surface area (Å²) in [6.45, 7) is 7.22. The molecule has 0 aromatic heterocycles. The third-order valence-corrected chi connectivity index (χ3v) is 5.64. The van der Waals surface area contributed by atoms with Crippen molar-refractivity contribution >= 4 is 5.91 Å². The fourth-order valence-electron chi connectivity index (χ4n) is 3.89. The Balaban J connectivity index is 1.81. The first-order chi connectivity index (χ1) is 14.1. The zero-order valence-corrected chi connectivity index (χ0v) is 18.2. The molecule has 3 unspecified atom stereocenters. The molecule has 6 heteroatoms. The van der Waals surface area contributed by atoms with Crippen molar-refractivity contribution in [2.75, 3.05) is 26.4 Å². The molecule has 6 nitrogen and oxygen atoms in total. The topological polar surface area (TPSA) is 79.6 Å². The smallest absolute Gasteiger partial charge is 0.239 e. The zero-order chi connectivity index (χ0) is 20.9. The van der Waals surface area contributed by atoms with E-state index in [0.29, 0.717) is 12.8 Å². The van der Waals surface area contributed by atoms with Gasteiger partial charge in [-0.25, -0.2) is 0 Å². The van der Waals surface area contributed by atoms with E-state index in [-0.39, 0.29) is 18.1 Å². The van der Waals surface area contributed by atoms with Crippen molar-refractivity contribution in [3.8, 4) is 0 Å². The van der Waals surface area contributed by atoms with Crippen LogP contribution in [0.4, 0.5) is 0 Å². The van der Waals surface area contributed by atoms with Gasteiger partial charge in [-0.05, 0) is 64.5 Å². The van der Waals surface area contributed by atoms with E-state index in [1.165, 1.54) is 5.56 Å². The van der Waals surface area contributed by atoms with Crippen LogP contribution >= 0.6 is 0 Å². The largest absolute Gasteiger partial charge is 0.367 e. The average molecular weight is 405 g/mol. The molecule has 0 spiro atoms. The fraction of sp³-hybridized carbons (Fsp3) is 0.696. The molecule has 1 saturated heterocycles. The highest BCUT2D eigenvalue weighted by molar-refractivity contribution is 5.82. The first-order valence-electron chi connectivity index (χ1n) is 11.3. The van der Waals surface area contributed by atoms with Gasteiger partial charge in [-0.1, -0.05) is 36.8 Å². The minimum absolute atomic E-state index is 0.182. The Bertz CT molecular complexity index is 569. The quantitative estimate of drug-likeness (QED) is 0.328. The van der Waals surface area contributed by atoms with E-state index in [1.54, 1.807) is 0 Å². The maximum atomic E-state index is 13.1. The standard InChI is InChI=1S/C23H40N4O2/c1-3-29-18-25-16-8-7-13-21(23(28)27-17-9-10-19(27)2)26-22(24)15-14-20-11-5-4-6-12-20/h4-6,11-12,19,21-22,25-26H,3,7-10,13-18,24H2,1-2H3. The molecule has 1 aliphatic rings. The molecule has 29 heavy (non-hydrogen) atoms. The Kier molecular flexibility index (Phi) is 11.2. The average Bonchev–Trinajstić information content (AvgIpc) is 3.16. The van der Waals surface area contributed by atoms with Gasteiger partial charge in [-0.2, -0.15) is 0 Å². The van der Waals surface area contributed by atoms with Gasteiger partial charge in [0.05, 0.1) is 18.9 Å². The number of hydrogen-bond acceptors (Lipinski definition) is 5. The maximum absolute atomic E-state index is 13.1. The first kappa shape index (κ1) is 23.8. The van der Waals surface area contributed by atoms with Crippen LogP contribution in [0.1, 0.15) is 57.9 Å². The summed E-state index contributed by atoms with van der Waals surface area (Å²) in [4.78, 5) is 15.2. The lowest BCUT2D eigenvalue weighted by Gasteiger charge is -2.29. The molecule has 1 aliphatic heterocycles. The molecular weight excluding hydrogens is 364 g/mol. The Morgan fingerprint density at radius 2 is 2.07 bits per heavy atom. The van der Waals surface area contributed by atoms with Crippen LogP contribution in [0.25, 0.3) is 0 Å². The number of ether oxygens (including phenoxy) is 1. The van der Waals surface area contributed by atoms with E-state index in [4.69, 9.17) is 10.5 Å². The van der Waals surface area contributed by atoms with Crippen molar-refractivity contribution in [2.24, 2.45) is 5.73 Å². The number of nitrogens with one attached hydrogen (secondary N) is 2. The van der Waals surface area contributed by atoms with Gasteiger partial charge in [0.1, 0.15) is 0 Å². The van der Waals surface area contributed by atoms with Crippen LogP contribution in [-0.2, 0) is 16.0 Å². The zero-order valence-electron chi connectivity index (χ0n) is 18.2. The number of nitrogens with zero attached hydrogens (tertiary/aromatic N) is 1. The van der Waals surface area contributed by atoms with Gasteiger partial charge in [-0.15, -0.1) is 0 Å². The molecule has 1 heterocycles. The van der Waals surface area contributed by atoms with Gasteiger partial charge in [0.2, 0.25) is 5.91 Å². The Morgan fingerprint density at radius 1 is 1.28 bits per heavy atom. The van der Waals surface area contributed by atoms with E-state index in [0.717, 1.165) is 64.6 Å². The SMILES string of the molecule is CCOCNCCCCC(NC(N)CCc1ccccc1)C(=O)N1CCCC1C. The highest BCUT2D eigenvalue weighted by atomic mass is 16.5. The summed E-state index contributed by atoms with van der Waals surface area (Å²) in [5, 5.41) is 6.71. The molecule has 1 aromatic carbocycles. The van der Waals surface area contributed by atoms with Crippen LogP contribution < -0.4 is 16.4 Å². The predicted octanol–water partition coefficient (Wildman–Crippen LogP) is 2.63. The number of carbonyl (C=O) groups excluding carboxylic acids is 1. The number of likely N-dealkylation sites (tertiary alicyclic amines) is 1. The molecule has 1 fully saturated rings. The van der Waals surface area contributed by atoms with Crippen molar-refractivity contribution in [3.63, 3.8) is 0 Å². The van der Waals surface area contributed by atoms with Gasteiger partial charge in [-0.3, -0.25) is 15.4 Å². The van der Waals surface area contributed by atoms with Gasteiger partial charge in [0.25, 0.3) is 0 Å². The normalized spacial score (nSPS) is 18.7. The Morgan fingerprint density at radius 3 is 2.76 bits per heavy atom. The molecule has 1 amide bonds. The van der Waals surface area contributed by atoms with E-state index < -0.39 is 0 Å². The van der Waals surface area contributed by atoms with E-state index in [9.17, 15) is 4.79 Å². The highest BCUT2D eigenvalue weighted by Crippen LogP contribution is 2.19. The summed E-state index contributed by atoms with van der Waals surface area (Å²) in [6, 6.07) is 10.5. The van der Waals surface area contributed by atoms with E-state index >= 15 is 0 Å². The Labute approximate surface area is 176 Å². The summed E-state index contributed by atoms with van der Waals surface area (Å²) in [6.07, 6.45) is 6.57. The van der Waals surface area contributed by atoms with Crippen molar-refractivity contribution in [1.82, 2.24) is 15.5 Å². The number of aryl methyl sites for hydroxylation is 1. The van der Waals surface area contributed by atoms with Crippen LogP contribution in [0.15, 0.2) is 30.3 Å². The van der Waals surface area contributed by atoms with Crippen LogP contribution in [-0.4, -0.2) is 55.5 Å². The van der Waals surface area contributed by atoms with Gasteiger partial charge in [0.15, 0.2) is 0 Å². The number of unbranched alkanes of at least 4 members (excludes halogenated alkanes) is 1. The van der Waals surface area contributed by atoms with Crippen LogP contribution in [0.3, 0.4) is 0 Å². The molecule has 3 atom stereocenters. The molecule has 0 aliphatic carbocycles. The van der Waals surface area contributed by atoms with Crippen molar-refractivity contribution in [3.05, 3.63) is 35.9 Å². The Hall–Kier alpha value is -1.47. The number of rotatable bonds is 14. The maximum Gasteiger partial charge on any atom is 0.239 e. The second kappa shape index (κ2) is 13.7. The van der Waals surface area contributed by atoms with Gasteiger partial charge in [0, 0.05) is 19.2 Å². The predicted molar refractivity (Wildman–Crippen MR) is 118 cm³/mol. The lowest BCUT2D eigenvalue weighted by atomic mass is 10.0. The fourth-order valence-corrected chi connectivity index (χ4v) is 3.89. The van der Waals surface area contributed by atoms with Gasteiger partial charge >= 0.3 is 0 Å². The van der Waals surface area contributed by atoms with Crippen molar-refractivity contribution in [2.45, 2.75) is 77.0 Å². The first-order valence-corrected chi connectivity index (χ1v) is 11.3. The summed E-state index contributed by atoms with van der Waals surface area (Å²) in [5.74, 6) is 0.215. The summed E-state index contributed by atoms with van der Waals surface area (Å²) < 4.78 is 5.29. The molecule has 2 rings (SSSR count). The van der Waals surface area contributed by atoms with Crippen LogP contribution in [0.2, 0.25) is 0 Å². The number of amides is 1. The molecule has 0 radical (unpaired) electrons. The molecule has 0 saturated carbocycles. The lowest BCUT2D eigenvalue weighted by molar-refractivity contribution is -0.134. The molecule has 1 aromatic rings. The monoisotopic (exact) mass is 404 g/mol. The van der Waals surface area contributed by atoms with Crippen LogP contribution in [0.5, 0.6) is 0 Å². The summed E-state index contributed by atoms with van der Waals surface area (Å²) in [5.41, 5.74) is 7.65.